The smallest absolute Gasteiger partial charge is 0.404 e. The lowest BCUT2D eigenvalue weighted by atomic mass is 9.50. The zero-order valence-electron chi connectivity index (χ0n) is 14.9. The Morgan fingerprint density at radius 2 is 2.17 bits per heavy atom. The molecule has 128 valence electrons. The van der Waals surface area contributed by atoms with Gasteiger partial charge in [0.25, 0.3) is 0 Å². The molecule has 6 heteroatoms. The maximum atomic E-state index is 11.8. The molecule has 1 saturated heterocycles. The van der Waals surface area contributed by atoms with Crippen LogP contribution >= 0.6 is 0 Å². The van der Waals surface area contributed by atoms with E-state index in [9.17, 15) is 4.79 Å². The zero-order chi connectivity index (χ0) is 17.0. The Balaban J connectivity index is 1.76. The summed E-state index contributed by atoms with van der Waals surface area (Å²) in [5, 5.41) is 2.99. The van der Waals surface area contributed by atoms with Crippen LogP contribution in [0.15, 0.2) is 11.6 Å². The van der Waals surface area contributed by atoms with E-state index in [2.05, 4.69) is 46.0 Å². The van der Waals surface area contributed by atoms with Crippen molar-refractivity contribution in [1.82, 2.24) is 5.32 Å². The minimum Gasteiger partial charge on any atom is -0.404 e. The van der Waals surface area contributed by atoms with E-state index in [1.807, 2.05) is 0 Å². The fourth-order valence-corrected chi connectivity index (χ4v) is 4.50. The van der Waals surface area contributed by atoms with Gasteiger partial charge in [-0.1, -0.05) is 39.3 Å². The highest BCUT2D eigenvalue weighted by molar-refractivity contribution is 6.47. The number of hydrogen-bond acceptors (Lipinski definition) is 4. The Labute approximate surface area is 139 Å². The first-order valence-corrected chi connectivity index (χ1v) is 8.72. The van der Waals surface area contributed by atoms with Crippen LogP contribution in [0.5, 0.6) is 0 Å². The van der Waals surface area contributed by atoms with Crippen LogP contribution in [0.25, 0.3) is 0 Å². The quantitative estimate of drug-likeness (QED) is 0.597. The minimum atomic E-state index is -0.396. The second-order valence-corrected chi connectivity index (χ2v) is 8.40. The van der Waals surface area contributed by atoms with Crippen LogP contribution in [0.4, 0.5) is 0 Å². The molecule has 0 aromatic carbocycles. The number of carbonyl (C=O) groups is 1. The molecule has 2 bridgehead atoms. The molecule has 4 atom stereocenters. The molecule has 4 rings (SSSR count). The monoisotopic (exact) mass is 320 g/mol. The summed E-state index contributed by atoms with van der Waals surface area (Å²) in [5.74, 6) is 0.498. The van der Waals surface area contributed by atoms with Crippen LogP contribution in [0.1, 0.15) is 47.5 Å². The number of rotatable bonds is 5. The fourth-order valence-electron chi connectivity index (χ4n) is 4.50. The number of amides is 1. The van der Waals surface area contributed by atoms with Crippen LogP contribution in [-0.4, -0.2) is 37.2 Å². The molecular weight excluding hydrogens is 291 g/mol. The third kappa shape index (κ3) is 2.65. The molecule has 1 aliphatic heterocycles. The van der Waals surface area contributed by atoms with Crippen molar-refractivity contribution < 1.29 is 14.1 Å². The lowest BCUT2D eigenvalue weighted by molar-refractivity contribution is -0.120. The van der Waals surface area contributed by atoms with Gasteiger partial charge in [0.2, 0.25) is 5.91 Å². The van der Waals surface area contributed by atoms with Gasteiger partial charge >= 0.3 is 7.12 Å². The van der Waals surface area contributed by atoms with Crippen LogP contribution in [0.3, 0.4) is 0 Å². The molecule has 5 nitrogen and oxygen atoms in total. The number of hydrogen-bond donors (Lipinski definition) is 2. The molecule has 0 unspecified atom stereocenters. The van der Waals surface area contributed by atoms with Crippen molar-refractivity contribution in [2.24, 2.45) is 23.0 Å². The lowest BCUT2D eigenvalue weighted by Gasteiger charge is -2.58. The first kappa shape index (κ1) is 17.0. The predicted molar refractivity (Wildman–Crippen MR) is 90.5 cm³/mol. The van der Waals surface area contributed by atoms with Gasteiger partial charge in [-0.05, 0) is 31.1 Å². The van der Waals surface area contributed by atoms with Crippen molar-refractivity contribution >= 4 is 13.0 Å². The average molecular weight is 320 g/mol. The van der Waals surface area contributed by atoms with E-state index in [-0.39, 0.29) is 35.5 Å². The van der Waals surface area contributed by atoms with Gasteiger partial charge in [-0.15, -0.1) is 0 Å². The Bertz CT molecular complexity index is 534. The highest BCUT2D eigenvalue weighted by atomic mass is 16.7. The summed E-state index contributed by atoms with van der Waals surface area (Å²) in [4.78, 5) is 11.8. The predicted octanol–water partition coefficient (Wildman–Crippen LogP) is 1.66. The SMILES string of the molecule is CC(C)C[C@H](NC(=O)CN)B1O[C@@H]2CC3=C[C@@H](C3(C)C)[C@]2(C)O1. The van der Waals surface area contributed by atoms with Gasteiger partial charge in [-0.2, -0.15) is 0 Å². The van der Waals surface area contributed by atoms with E-state index in [0.29, 0.717) is 11.8 Å². The topological polar surface area (TPSA) is 73.6 Å². The van der Waals surface area contributed by atoms with Gasteiger partial charge in [-0.25, -0.2) is 0 Å². The Morgan fingerprint density at radius 3 is 2.74 bits per heavy atom. The molecule has 3 N–H and O–H groups in total. The molecule has 23 heavy (non-hydrogen) atoms. The van der Waals surface area contributed by atoms with Gasteiger partial charge in [0.1, 0.15) is 0 Å². The summed E-state index contributed by atoms with van der Waals surface area (Å²) in [6.07, 6.45) is 4.16. The molecule has 4 aliphatic rings. The van der Waals surface area contributed by atoms with E-state index in [4.69, 9.17) is 15.0 Å². The molecule has 0 aromatic heterocycles. The molecule has 1 amide bonds. The summed E-state index contributed by atoms with van der Waals surface area (Å²) in [7, 11) is -0.396. The van der Waals surface area contributed by atoms with Gasteiger partial charge in [0.15, 0.2) is 0 Å². The maximum Gasteiger partial charge on any atom is 0.481 e. The van der Waals surface area contributed by atoms with E-state index >= 15 is 0 Å². The second-order valence-electron chi connectivity index (χ2n) is 8.40. The fraction of sp³-hybridized carbons (Fsp3) is 0.824. The third-order valence-electron chi connectivity index (χ3n) is 5.89. The average Bonchev–Trinajstić information content (AvgIpc) is 2.82. The van der Waals surface area contributed by atoms with Gasteiger partial charge in [0, 0.05) is 5.92 Å². The Morgan fingerprint density at radius 1 is 1.48 bits per heavy atom. The van der Waals surface area contributed by atoms with Crippen LogP contribution < -0.4 is 11.1 Å². The normalized spacial score (nSPS) is 35.4. The largest absolute Gasteiger partial charge is 0.481 e. The Hall–Kier alpha value is -0.845. The van der Waals surface area contributed by atoms with E-state index < -0.39 is 7.12 Å². The molecule has 1 heterocycles. The summed E-state index contributed by atoms with van der Waals surface area (Å²) >= 11 is 0. The maximum absolute atomic E-state index is 11.8. The molecule has 2 fully saturated rings. The van der Waals surface area contributed by atoms with Crippen molar-refractivity contribution in [2.75, 3.05) is 6.54 Å². The van der Waals surface area contributed by atoms with Crippen LogP contribution in [0.2, 0.25) is 0 Å². The van der Waals surface area contributed by atoms with Crippen molar-refractivity contribution in [3.63, 3.8) is 0 Å². The first-order chi connectivity index (χ1) is 10.7. The minimum absolute atomic E-state index is 0.0105. The van der Waals surface area contributed by atoms with Crippen molar-refractivity contribution in [1.29, 1.82) is 0 Å². The number of carbonyl (C=O) groups excluding carboxylic acids is 1. The molecule has 0 spiro atoms. The summed E-state index contributed by atoms with van der Waals surface area (Å²) in [6, 6.07) is 0. The standard InChI is InChI=1S/C17H29BN2O3/c1-10(2)6-14(20-15(21)9-19)18-22-13-8-11-7-12(16(11,3)4)17(13,5)23-18/h7,10,12-14H,6,8-9,19H2,1-5H3,(H,20,21)/t12-,13+,14-,17-/m0/s1. The highest BCUT2D eigenvalue weighted by Gasteiger charge is 2.65. The van der Waals surface area contributed by atoms with Crippen LogP contribution in [-0.2, 0) is 14.1 Å². The summed E-state index contributed by atoms with van der Waals surface area (Å²) in [6.45, 7) is 11.0. The second kappa shape index (κ2) is 5.61. The van der Waals surface area contributed by atoms with Crippen molar-refractivity contribution in [3.8, 4) is 0 Å². The zero-order valence-corrected chi connectivity index (χ0v) is 14.9. The van der Waals surface area contributed by atoms with Crippen LogP contribution in [0, 0.1) is 17.3 Å². The molecule has 3 aliphatic carbocycles. The molecule has 1 saturated carbocycles. The van der Waals surface area contributed by atoms with Crippen molar-refractivity contribution in [2.45, 2.75) is 65.1 Å². The van der Waals surface area contributed by atoms with Gasteiger partial charge in [-0.3, -0.25) is 4.79 Å². The van der Waals surface area contributed by atoms with Gasteiger partial charge in [0.05, 0.1) is 24.2 Å². The number of nitrogens with two attached hydrogens (primary N) is 1. The summed E-state index contributed by atoms with van der Waals surface area (Å²) in [5.41, 5.74) is 6.81. The van der Waals surface area contributed by atoms with E-state index in [1.54, 1.807) is 0 Å². The van der Waals surface area contributed by atoms with Gasteiger partial charge < -0.3 is 20.4 Å². The molecule has 0 aromatic rings. The Kier molecular flexibility index (Phi) is 4.14. The highest BCUT2D eigenvalue weighted by Crippen LogP contribution is 2.61. The molecular formula is C17H29BN2O3. The lowest BCUT2D eigenvalue weighted by Crippen LogP contribution is -2.59. The number of nitrogens with one attached hydrogen (secondary N) is 1. The van der Waals surface area contributed by atoms with E-state index in [0.717, 1.165) is 12.8 Å². The van der Waals surface area contributed by atoms with E-state index in [1.165, 1.54) is 5.57 Å². The first-order valence-electron chi connectivity index (χ1n) is 8.72. The summed E-state index contributed by atoms with van der Waals surface area (Å²) < 4.78 is 12.7. The molecule has 0 radical (unpaired) electrons. The third-order valence-corrected chi connectivity index (χ3v) is 5.89. The van der Waals surface area contributed by atoms with Crippen molar-refractivity contribution in [3.05, 3.63) is 11.6 Å².